The topological polar surface area (TPSA) is 29.1 Å². The van der Waals surface area contributed by atoms with E-state index in [1.165, 1.54) is 0 Å². The predicted molar refractivity (Wildman–Crippen MR) is 62.5 cm³/mol. The highest BCUT2D eigenvalue weighted by atomic mass is 16.1. The second kappa shape index (κ2) is 5.87. The van der Waals surface area contributed by atoms with Crippen LogP contribution < -0.4 is 5.32 Å². The number of para-hydroxylation sites is 1. The zero-order chi connectivity index (χ0) is 11.1. The lowest BCUT2D eigenvalue weighted by Crippen LogP contribution is -2.12. The molecule has 0 aliphatic carbocycles. The van der Waals surface area contributed by atoms with Crippen LogP contribution in [0.25, 0.3) is 0 Å². The van der Waals surface area contributed by atoms with E-state index in [0.29, 0.717) is 12.8 Å². The molecule has 1 rings (SSSR count). The first-order valence-corrected chi connectivity index (χ1v) is 5.09. The second-order valence-corrected chi connectivity index (χ2v) is 3.26. The molecule has 1 aromatic rings. The molecule has 0 aliphatic rings. The van der Waals surface area contributed by atoms with Crippen LogP contribution in [0.1, 0.15) is 25.3 Å². The summed E-state index contributed by atoms with van der Waals surface area (Å²) in [6, 6.07) is 7.80. The van der Waals surface area contributed by atoms with Crippen LogP contribution in [0.15, 0.2) is 24.3 Å². The molecular weight excluding hydrogens is 186 g/mol. The van der Waals surface area contributed by atoms with E-state index < -0.39 is 0 Å². The number of aryl methyl sites for hydroxylation is 1. The molecular formula is C13H15NO. The molecule has 15 heavy (non-hydrogen) atoms. The van der Waals surface area contributed by atoms with Gasteiger partial charge in [-0.25, -0.2) is 0 Å². The molecule has 0 aliphatic heterocycles. The van der Waals surface area contributed by atoms with E-state index in [0.717, 1.165) is 17.7 Å². The van der Waals surface area contributed by atoms with Gasteiger partial charge in [0, 0.05) is 18.5 Å². The summed E-state index contributed by atoms with van der Waals surface area (Å²) in [5, 5.41) is 2.86. The molecule has 2 nitrogen and oxygen atoms in total. The molecule has 1 aromatic carbocycles. The van der Waals surface area contributed by atoms with Gasteiger partial charge in [-0.15, -0.1) is 12.3 Å². The number of benzene rings is 1. The highest BCUT2D eigenvalue weighted by Crippen LogP contribution is 2.15. The van der Waals surface area contributed by atoms with E-state index in [1.807, 2.05) is 24.3 Å². The number of anilines is 1. The average molecular weight is 201 g/mol. The van der Waals surface area contributed by atoms with Crippen molar-refractivity contribution in [2.45, 2.75) is 26.2 Å². The van der Waals surface area contributed by atoms with Crippen molar-refractivity contribution in [2.75, 3.05) is 5.32 Å². The first-order chi connectivity index (χ1) is 7.27. The van der Waals surface area contributed by atoms with Crippen LogP contribution in [-0.4, -0.2) is 5.91 Å². The van der Waals surface area contributed by atoms with Crippen LogP contribution >= 0.6 is 0 Å². The third kappa shape index (κ3) is 3.47. The molecule has 0 bridgehead atoms. The van der Waals surface area contributed by atoms with Gasteiger partial charge < -0.3 is 5.32 Å². The van der Waals surface area contributed by atoms with Crippen molar-refractivity contribution >= 4 is 11.6 Å². The lowest BCUT2D eigenvalue weighted by Gasteiger charge is -2.08. The number of nitrogens with one attached hydrogen (secondary N) is 1. The Bertz CT molecular complexity index is 376. The Morgan fingerprint density at radius 3 is 2.87 bits per heavy atom. The number of amides is 1. The van der Waals surface area contributed by atoms with Crippen LogP contribution in [0.5, 0.6) is 0 Å². The van der Waals surface area contributed by atoms with Crippen LogP contribution in [0.3, 0.4) is 0 Å². The van der Waals surface area contributed by atoms with Crippen molar-refractivity contribution in [1.82, 2.24) is 0 Å². The third-order valence-electron chi connectivity index (χ3n) is 2.17. The highest BCUT2D eigenvalue weighted by Gasteiger charge is 2.03. The van der Waals surface area contributed by atoms with Gasteiger partial charge in [0.25, 0.3) is 0 Å². The van der Waals surface area contributed by atoms with Crippen molar-refractivity contribution in [3.63, 3.8) is 0 Å². The summed E-state index contributed by atoms with van der Waals surface area (Å²) in [5.41, 5.74) is 2.04. The SMILES string of the molecule is C#CCCC(=O)Nc1ccccc1CC. The molecule has 0 atom stereocenters. The predicted octanol–water partition coefficient (Wildman–Crippen LogP) is 2.60. The molecule has 0 unspecified atom stereocenters. The molecule has 0 saturated heterocycles. The largest absolute Gasteiger partial charge is 0.326 e. The van der Waals surface area contributed by atoms with Crippen LogP contribution in [0.2, 0.25) is 0 Å². The van der Waals surface area contributed by atoms with Crippen LogP contribution in [0, 0.1) is 12.3 Å². The minimum atomic E-state index is -0.0196. The smallest absolute Gasteiger partial charge is 0.225 e. The first kappa shape index (κ1) is 11.3. The van der Waals surface area contributed by atoms with Gasteiger partial charge in [0.05, 0.1) is 0 Å². The van der Waals surface area contributed by atoms with Crippen molar-refractivity contribution in [3.05, 3.63) is 29.8 Å². The van der Waals surface area contributed by atoms with Gasteiger partial charge in [-0.1, -0.05) is 25.1 Å². The molecule has 78 valence electrons. The van der Waals surface area contributed by atoms with Crippen LogP contribution in [-0.2, 0) is 11.2 Å². The van der Waals surface area contributed by atoms with E-state index in [4.69, 9.17) is 6.42 Å². The van der Waals surface area contributed by atoms with Gasteiger partial charge >= 0.3 is 0 Å². The van der Waals surface area contributed by atoms with Crippen molar-refractivity contribution in [3.8, 4) is 12.3 Å². The van der Waals surface area contributed by atoms with Crippen molar-refractivity contribution in [2.24, 2.45) is 0 Å². The maximum Gasteiger partial charge on any atom is 0.225 e. The van der Waals surface area contributed by atoms with Gasteiger partial charge in [0.2, 0.25) is 5.91 Å². The highest BCUT2D eigenvalue weighted by molar-refractivity contribution is 5.91. The van der Waals surface area contributed by atoms with Crippen molar-refractivity contribution < 1.29 is 4.79 Å². The normalized spacial score (nSPS) is 9.33. The van der Waals surface area contributed by atoms with Gasteiger partial charge in [0.1, 0.15) is 0 Å². The summed E-state index contributed by atoms with van der Waals surface area (Å²) < 4.78 is 0. The third-order valence-corrected chi connectivity index (χ3v) is 2.17. The Hall–Kier alpha value is -1.75. The number of hydrogen-bond acceptors (Lipinski definition) is 1. The van der Waals surface area contributed by atoms with E-state index >= 15 is 0 Å². The second-order valence-electron chi connectivity index (χ2n) is 3.26. The summed E-state index contributed by atoms with van der Waals surface area (Å²) in [5.74, 6) is 2.43. The monoisotopic (exact) mass is 201 g/mol. The molecule has 0 heterocycles. The molecule has 2 heteroatoms. The molecule has 0 spiro atoms. The first-order valence-electron chi connectivity index (χ1n) is 5.09. The Morgan fingerprint density at radius 2 is 2.20 bits per heavy atom. The molecule has 0 saturated carbocycles. The number of hydrogen-bond donors (Lipinski definition) is 1. The number of terminal acetylenes is 1. The number of carbonyl (C=O) groups excluding carboxylic acids is 1. The molecule has 0 radical (unpaired) electrons. The number of rotatable bonds is 4. The lowest BCUT2D eigenvalue weighted by molar-refractivity contribution is -0.116. The van der Waals surface area contributed by atoms with Gasteiger partial charge in [-0.05, 0) is 18.1 Å². The van der Waals surface area contributed by atoms with E-state index in [1.54, 1.807) is 0 Å². The quantitative estimate of drug-likeness (QED) is 0.745. The fourth-order valence-corrected chi connectivity index (χ4v) is 1.35. The molecule has 0 fully saturated rings. The Balaban J connectivity index is 2.64. The van der Waals surface area contributed by atoms with E-state index in [9.17, 15) is 4.79 Å². The maximum atomic E-state index is 11.4. The van der Waals surface area contributed by atoms with Gasteiger partial charge in [0.15, 0.2) is 0 Å². The molecule has 1 amide bonds. The fraction of sp³-hybridized carbons (Fsp3) is 0.308. The summed E-state index contributed by atoms with van der Waals surface area (Å²) in [6.45, 7) is 2.06. The zero-order valence-corrected chi connectivity index (χ0v) is 8.92. The minimum absolute atomic E-state index is 0.0196. The zero-order valence-electron chi connectivity index (χ0n) is 8.92. The molecule has 1 N–H and O–H groups in total. The number of carbonyl (C=O) groups is 1. The van der Waals surface area contributed by atoms with Gasteiger partial charge in [-0.3, -0.25) is 4.79 Å². The van der Waals surface area contributed by atoms with E-state index in [-0.39, 0.29) is 5.91 Å². The maximum absolute atomic E-state index is 11.4. The molecule has 0 aromatic heterocycles. The standard InChI is InChI=1S/C13H15NO/c1-3-5-10-13(15)14-12-9-7-6-8-11(12)4-2/h1,6-9H,4-5,10H2,2H3,(H,14,15). The van der Waals surface area contributed by atoms with Crippen LogP contribution in [0.4, 0.5) is 5.69 Å². The van der Waals surface area contributed by atoms with Gasteiger partial charge in [-0.2, -0.15) is 0 Å². The van der Waals surface area contributed by atoms with Crippen molar-refractivity contribution in [1.29, 1.82) is 0 Å². The minimum Gasteiger partial charge on any atom is -0.326 e. The van der Waals surface area contributed by atoms with E-state index in [2.05, 4.69) is 18.2 Å². The Morgan fingerprint density at radius 1 is 1.47 bits per heavy atom. The Kier molecular flexibility index (Phi) is 4.43. The summed E-state index contributed by atoms with van der Waals surface area (Å²) >= 11 is 0. The fourth-order valence-electron chi connectivity index (χ4n) is 1.35. The summed E-state index contributed by atoms with van der Waals surface area (Å²) in [4.78, 5) is 11.4. The lowest BCUT2D eigenvalue weighted by atomic mass is 10.1. The summed E-state index contributed by atoms with van der Waals surface area (Å²) in [6.07, 6.45) is 6.87. The average Bonchev–Trinajstić information content (AvgIpc) is 2.27. The Labute approximate surface area is 90.7 Å². The summed E-state index contributed by atoms with van der Waals surface area (Å²) in [7, 11) is 0.